The summed E-state index contributed by atoms with van der Waals surface area (Å²) in [6, 6.07) is 17.0. The summed E-state index contributed by atoms with van der Waals surface area (Å²) in [6.45, 7) is 3.91. The van der Waals surface area contributed by atoms with Gasteiger partial charge in [-0.2, -0.15) is 0 Å². The lowest BCUT2D eigenvalue weighted by Crippen LogP contribution is -2.31. The van der Waals surface area contributed by atoms with Crippen LogP contribution in [0.4, 0.5) is 0 Å². The average molecular weight is 372 g/mol. The van der Waals surface area contributed by atoms with Crippen LogP contribution in [0.5, 0.6) is 0 Å². The smallest absolute Gasteiger partial charge is 0.233 e. The van der Waals surface area contributed by atoms with E-state index in [0.717, 1.165) is 22.1 Å². The van der Waals surface area contributed by atoms with Crippen LogP contribution in [0.2, 0.25) is 0 Å². The van der Waals surface area contributed by atoms with Gasteiger partial charge in [0.2, 0.25) is 15.9 Å². The lowest BCUT2D eigenvalue weighted by atomic mass is 10.1. The zero-order valence-corrected chi connectivity index (χ0v) is 15.8. The molecule has 138 valence electrons. The number of sulfonamides is 1. The number of carbonyl (C=O) groups excluding carboxylic acids is 1. The molecule has 0 spiro atoms. The zero-order valence-electron chi connectivity index (χ0n) is 15.0. The van der Waals surface area contributed by atoms with Crippen LogP contribution in [-0.2, 0) is 14.8 Å². The number of hydrogen-bond donors (Lipinski definition) is 2. The van der Waals surface area contributed by atoms with Crippen LogP contribution >= 0.6 is 0 Å². The van der Waals surface area contributed by atoms with E-state index in [1.54, 1.807) is 0 Å². The van der Waals surface area contributed by atoms with E-state index >= 15 is 0 Å². The number of carbonyl (C=O) groups is 1. The van der Waals surface area contributed by atoms with Crippen molar-refractivity contribution in [2.45, 2.75) is 26.3 Å². The van der Waals surface area contributed by atoms with Crippen molar-refractivity contribution in [3.8, 4) is 0 Å². The number of nitrogens with one attached hydrogen (secondary N) is 2. The minimum atomic E-state index is -3.58. The Hall–Kier alpha value is -2.44. The van der Waals surface area contributed by atoms with E-state index in [1.165, 1.54) is 6.08 Å². The third-order valence-corrected chi connectivity index (χ3v) is 4.95. The molecule has 2 aromatic rings. The summed E-state index contributed by atoms with van der Waals surface area (Å²) in [4.78, 5) is 12.0. The molecule has 0 saturated heterocycles. The first kappa shape index (κ1) is 19.9. The van der Waals surface area contributed by atoms with Crippen LogP contribution < -0.4 is 10.0 Å². The lowest BCUT2D eigenvalue weighted by Gasteiger charge is -2.14. The molecule has 0 aliphatic heterocycles. The molecule has 0 bridgehead atoms. The summed E-state index contributed by atoms with van der Waals surface area (Å²) < 4.78 is 26.3. The maximum Gasteiger partial charge on any atom is 0.233 e. The molecule has 0 saturated carbocycles. The number of benzene rings is 2. The van der Waals surface area contributed by atoms with Crippen LogP contribution in [0.25, 0.3) is 6.08 Å². The molecule has 1 atom stereocenters. The summed E-state index contributed by atoms with van der Waals surface area (Å²) in [5.41, 5.74) is 2.91. The van der Waals surface area contributed by atoms with Crippen LogP contribution in [-0.4, -0.2) is 20.9 Å². The number of hydrogen-bond acceptors (Lipinski definition) is 3. The number of amides is 1. The third kappa shape index (κ3) is 6.82. The van der Waals surface area contributed by atoms with Crippen molar-refractivity contribution >= 4 is 22.0 Å². The molecule has 26 heavy (non-hydrogen) atoms. The van der Waals surface area contributed by atoms with Crippen molar-refractivity contribution < 1.29 is 13.2 Å². The van der Waals surface area contributed by atoms with Gasteiger partial charge >= 0.3 is 0 Å². The Morgan fingerprint density at radius 2 is 1.73 bits per heavy atom. The normalized spacial score (nSPS) is 12.8. The van der Waals surface area contributed by atoms with Gasteiger partial charge in [0.15, 0.2) is 0 Å². The molecular weight excluding hydrogens is 348 g/mol. The molecule has 0 aromatic heterocycles. The van der Waals surface area contributed by atoms with E-state index in [1.807, 2.05) is 68.4 Å². The molecule has 2 rings (SSSR count). The van der Waals surface area contributed by atoms with Gasteiger partial charge in [-0.05, 0) is 31.1 Å². The largest absolute Gasteiger partial charge is 0.350 e. The molecule has 0 aliphatic carbocycles. The molecule has 0 aliphatic rings. The molecule has 0 heterocycles. The fraction of sp³-hybridized carbons (Fsp3) is 0.250. The summed E-state index contributed by atoms with van der Waals surface area (Å²) in [5.74, 6) is -0.202. The minimum Gasteiger partial charge on any atom is -0.350 e. The van der Waals surface area contributed by atoms with E-state index in [4.69, 9.17) is 0 Å². The first-order valence-corrected chi connectivity index (χ1v) is 9.99. The van der Waals surface area contributed by atoms with Crippen molar-refractivity contribution in [2.75, 3.05) is 6.54 Å². The second-order valence-corrected chi connectivity index (χ2v) is 7.75. The van der Waals surface area contributed by atoms with Crippen molar-refractivity contribution in [2.24, 2.45) is 0 Å². The average Bonchev–Trinajstić information content (AvgIpc) is 2.62. The second-order valence-electron chi connectivity index (χ2n) is 6.10. The molecule has 1 amide bonds. The summed E-state index contributed by atoms with van der Waals surface area (Å²) in [5, 5.41) is 3.97. The Morgan fingerprint density at radius 3 is 2.38 bits per heavy atom. The summed E-state index contributed by atoms with van der Waals surface area (Å²) in [6.07, 6.45) is 1.61. The fourth-order valence-corrected chi connectivity index (χ4v) is 3.16. The zero-order chi connectivity index (χ0) is 19.0. The highest BCUT2D eigenvalue weighted by molar-refractivity contribution is 7.92. The highest BCUT2D eigenvalue weighted by Gasteiger charge is 2.10. The van der Waals surface area contributed by atoms with E-state index in [-0.39, 0.29) is 24.9 Å². The van der Waals surface area contributed by atoms with Gasteiger partial charge in [0.25, 0.3) is 0 Å². The van der Waals surface area contributed by atoms with Crippen molar-refractivity contribution in [3.63, 3.8) is 0 Å². The Bertz CT molecular complexity index is 844. The van der Waals surface area contributed by atoms with Crippen molar-refractivity contribution in [3.05, 3.63) is 76.7 Å². The summed E-state index contributed by atoms with van der Waals surface area (Å²) in [7, 11) is -3.58. The highest BCUT2D eigenvalue weighted by atomic mass is 32.2. The Labute approximate surface area is 155 Å². The van der Waals surface area contributed by atoms with E-state index in [0.29, 0.717) is 0 Å². The molecular formula is C20H24N2O3S. The van der Waals surface area contributed by atoms with Crippen LogP contribution in [0.15, 0.2) is 60.0 Å². The highest BCUT2D eigenvalue weighted by Crippen LogP contribution is 2.11. The Kier molecular flexibility index (Phi) is 7.12. The van der Waals surface area contributed by atoms with Gasteiger partial charge in [-0.3, -0.25) is 4.79 Å². The van der Waals surface area contributed by atoms with Crippen molar-refractivity contribution in [1.82, 2.24) is 10.0 Å². The molecule has 0 unspecified atom stereocenters. The van der Waals surface area contributed by atoms with Gasteiger partial charge in [-0.15, -0.1) is 0 Å². The number of aryl methyl sites for hydroxylation is 1. The first-order chi connectivity index (χ1) is 12.4. The maximum absolute atomic E-state index is 12.0. The molecule has 2 aromatic carbocycles. The van der Waals surface area contributed by atoms with Gasteiger partial charge in [-0.1, -0.05) is 60.2 Å². The predicted molar refractivity (Wildman–Crippen MR) is 105 cm³/mol. The van der Waals surface area contributed by atoms with Gasteiger partial charge in [0.05, 0.1) is 6.04 Å². The molecule has 2 N–H and O–H groups in total. The molecule has 5 nitrogen and oxygen atoms in total. The molecule has 0 fully saturated rings. The Balaban J connectivity index is 1.78. The molecule has 0 radical (unpaired) electrons. The lowest BCUT2D eigenvalue weighted by molar-refractivity contribution is -0.121. The van der Waals surface area contributed by atoms with Crippen LogP contribution in [0, 0.1) is 6.92 Å². The van der Waals surface area contributed by atoms with Gasteiger partial charge in [0, 0.05) is 18.4 Å². The standard InChI is InChI=1S/C20H24N2O3S/c1-16-8-10-18(11-9-16)13-15-26(24,25)21-14-12-20(23)22-17(2)19-6-4-3-5-7-19/h3-11,13,15,17,21H,12,14H2,1-2H3,(H,22,23)/b15-13+/t17-/m1/s1. The SMILES string of the molecule is Cc1ccc(/C=C/S(=O)(=O)NCCC(=O)N[C@H](C)c2ccccc2)cc1. The van der Waals surface area contributed by atoms with Crippen molar-refractivity contribution in [1.29, 1.82) is 0 Å². The Morgan fingerprint density at radius 1 is 1.08 bits per heavy atom. The second kappa shape index (κ2) is 9.31. The summed E-state index contributed by atoms with van der Waals surface area (Å²) >= 11 is 0. The fourth-order valence-electron chi connectivity index (χ4n) is 2.34. The van der Waals surface area contributed by atoms with Gasteiger partial charge in [0.1, 0.15) is 0 Å². The van der Waals surface area contributed by atoms with E-state index in [9.17, 15) is 13.2 Å². The van der Waals surface area contributed by atoms with Crippen LogP contribution in [0.3, 0.4) is 0 Å². The number of rotatable bonds is 8. The van der Waals surface area contributed by atoms with Gasteiger partial charge in [-0.25, -0.2) is 13.1 Å². The minimum absolute atomic E-state index is 0.0495. The molecule has 6 heteroatoms. The van der Waals surface area contributed by atoms with E-state index < -0.39 is 10.0 Å². The van der Waals surface area contributed by atoms with Gasteiger partial charge < -0.3 is 5.32 Å². The van der Waals surface area contributed by atoms with Crippen LogP contribution in [0.1, 0.15) is 36.1 Å². The quantitative estimate of drug-likeness (QED) is 0.747. The van der Waals surface area contributed by atoms with E-state index in [2.05, 4.69) is 10.0 Å². The monoisotopic (exact) mass is 372 g/mol. The third-order valence-electron chi connectivity index (χ3n) is 3.85. The predicted octanol–water partition coefficient (Wildman–Crippen LogP) is 3.15. The maximum atomic E-state index is 12.0. The first-order valence-electron chi connectivity index (χ1n) is 8.44. The topological polar surface area (TPSA) is 75.3 Å².